The van der Waals surface area contributed by atoms with Crippen molar-refractivity contribution in [1.82, 2.24) is 0 Å². The highest BCUT2D eigenvalue weighted by Gasteiger charge is 2.23. The Hall–Kier alpha value is -1.05. The maximum atomic E-state index is 11.2. The lowest BCUT2D eigenvalue weighted by atomic mass is 10.5. The van der Waals surface area contributed by atoms with Crippen LogP contribution in [0, 0.1) is 0 Å². The molecule has 9 nitrogen and oxygen atoms in total. The SMILES string of the molecule is C=CS(=O)(=O)OCCC(OS(=O)(=O)C=C)OS(=O)(=O)C=C. The molecule has 0 aliphatic rings. The zero-order chi connectivity index (χ0) is 16.7. The van der Waals surface area contributed by atoms with Crippen molar-refractivity contribution in [3.05, 3.63) is 36.0 Å². The molecule has 0 heterocycles. The molecule has 0 bridgehead atoms. The minimum absolute atomic E-state index is 0.422. The Morgan fingerprint density at radius 2 is 1.14 bits per heavy atom. The van der Waals surface area contributed by atoms with Crippen LogP contribution in [-0.4, -0.2) is 38.2 Å². The molecule has 21 heavy (non-hydrogen) atoms. The maximum Gasteiger partial charge on any atom is 0.292 e. The van der Waals surface area contributed by atoms with Crippen LogP contribution in [0.5, 0.6) is 0 Å². The molecule has 0 saturated carbocycles. The second-order valence-corrected chi connectivity index (χ2v) is 7.79. The fraction of sp³-hybridized carbons (Fsp3) is 0.333. The molecular formula is C9H14O9S3. The summed E-state index contributed by atoms with van der Waals surface area (Å²) in [6, 6.07) is 0. The highest BCUT2D eigenvalue weighted by molar-refractivity contribution is 7.90. The van der Waals surface area contributed by atoms with Gasteiger partial charge in [0, 0.05) is 6.42 Å². The van der Waals surface area contributed by atoms with Gasteiger partial charge in [-0.05, 0) is 0 Å². The fourth-order valence-corrected chi connectivity index (χ4v) is 2.30. The Bertz CT molecular complexity index is 645. The van der Waals surface area contributed by atoms with Gasteiger partial charge in [0.1, 0.15) is 0 Å². The molecule has 0 rings (SSSR count). The zero-order valence-corrected chi connectivity index (χ0v) is 13.2. The lowest BCUT2D eigenvalue weighted by molar-refractivity contribution is 0.00476. The lowest BCUT2D eigenvalue weighted by Gasteiger charge is -2.15. The highest BCUT2D eigenvalue weighted by atomic mass is 32.2. The molecule has 0 aromatic carbocycles. The van der Waals surface area contributed by atoms with Crippen molar-refractivity contribution in [3.8, 4) is 0 Å². The van der Waals surface area contributed by atoms with Gasteiger partial charge in [-0.1, -0.05) is 19.7 Å². The first-order chi connectivity index (χ1) is 9.47. The molecule has 0 aromatic heterocycles. The summed E-state index contributed by atoms with van der Waals surface area (Å²) in [6.07, 6.45) is -2.36. The predicted octanol–water partition coefficient (Wildman–Crippen LogP) is 0.172. The third kappa shape index (κ3) is 8.75. The smallest absolute Gasteiger partial charge is 0.267 e. The van der Waals surface area contributed by atoms with Gasteiger partial charge in [-0.25, -0.2) is 8.37 Å². The second-order valence-electron chi connectivity index (χ2n) is 3.21. The Morgan fingerprint density at radius 1 is 0.762 bits per heavy atom. The standard InChI is InChI=1S/C9H14O9S3/c1-4-19(10,11)16-8-7-9(17-20(12,13)5-2)18-21(14,15)6-3/h4-6,9H,1-3,7-8H2. The van der Waals surface area contributed by atoms with Crippen LogP contribution in [0.3, 0.4) is 0 Å². The van der Waals surface area contributed by atoms with Gasteiger partial charge < -0.3 is 0 Å². The van der Waals surface area contributed by atoms with E-state index in [-0.39, 0.29) is 0 Å². The maximum absolute atomic E-state index is 11.2. The van der Waals surface area contributed by atoms with E-state index in [0.717, 1.165) is 0 Å². The third-order valence-electron chi connectivity index (χ3n) is 1.70. The summed E-state index contributed by atoms with van der Waals surface area (Å²) < 4.78 is 79.8. The molecule has 0 atom stereocenters. The predicted molar refractivity (Wildman–Crippen MR) is 73.9 cm³/mol. The van der Waals surface area contributed by atoms with Crippen LogP contribution in [-0.2, 0) is 42.9 Å². The van der Waals surface area contributed by atoms with Crippen molar-refractivity contribution < 1.29 is 37.8 Å². The van der Waals surface area contributed by atoms with E-state index in [0.29, 0.717) is 16.2 Å². The summed E-state index contributed by atoms with van der Waals surface area (Å²) in [7, 11) is -12.5. The van der Waals surface area contributed by atoms with Crippen molar-refractivity contribution >= 4 is 30.4 Å². The molecule has 122 valence electrons. The average molecular weight is 362 g/mol. The number of hydrogen-bond acceptors (Lipinski definition) is 9. The topological polar surface area (TPSA) is 130 Å². The van der Waals surface area contributed by atoms with Crippen LogP contribution in [0.15, 0.2) is 36.0 Å². The van der Waals surface area contributed by atoms with Crippen molar-refractivity contribution in [2.75, 3.05) is 6.61 Å². The monoisotopic (exact) mass is 362 g/mol. The van der Waals surface area contributed by atoms with Crippen LogP contribution >= 0.6 is 0 Å². The van der Waals surface area contributed by atoms with E-state index in [4.69, 9.17) is 0 Å². The van der Waals surface area contributed by atoms with Crippen molar-refractivity contribution in [1.29, 1.82) is 0 Å². The molecule has 0 aromatic rings. The van der Waals surface area contributed by atoms with Gasteiger partial charge in [0.05, 0.1) is 22.8 Å². The molecule has 0 radical (unpaired) electrons. The first-order valence-electron chi connectivity index (χ1n) is 5.10. The molecule has 0 spiro atoms. The first-order valence-corrected chi connectivity index (χ1v) is 9.51. The fourth-order valence-electron chi connectivity index (χ4n) is 0.799. The highest BCUT2D eigenvalue weighted by Crippen LogP contribution is 2.12. The number of rotatable bonds is 11. The Kier molecular flexibility index (Phi) is 7.43. The Labute approximate surface area is 123 Å². The van der Waals surface area contributed by atoms with E-state index in [1.807, 2.05) is 0 Å². The van der Waals surface area contributed by atoms with Crippen molar-refractivity contribution in [2.45, 2.75) is 12.7 Å². The summed E-state index contributed by atoms with van der Waals surface area (Å²) >= 11 is 0. The molecule has 0 unspecified atom stereocenters. The van der Waals surface area contributed by atoms with Gasteiger partial charge in [-0.3, -0.25) is 4.18 Å². The summed E-state index contributed by atoms with van der Waals surface area (Å²) in [4.78, 5) is 0. The van der Waals surface area contributed by atoms with E-state index in [9.17, 15) is 25.3 Å². The van der Waals surface area contributed by atoms with Gasteiger partial charge in [0.15, 0.2) is 6.29 Å². The molecule has 0 aliphatic carbocycles. The molecule has 0 amide bonds. The Morgan fingerprint density at radius 3 is 1.48 bits per heavy atom. The normalized spacial score (nSPS) is 13.0. The van der Waals surface area contributed by atoms with Crippen molar-refractivity contribution in [2.24, 2.45) is 0 Å². The summed E-state index contributed by atoms with van der Waals surface area (Å²) in [5.74, 6) is 0. The van der Waals surface area contributed by atoms with Crippen LogP contribution < -0.4 is 0 Å². The first kappa shape index (κ1) is 19.9. The van der Waals surface area contributed by atoms with Crippen LogP contribution in [0.4, 0.5) is 0 Å². The zero-order valence-electron chi connectivity index (χ0n) is 10.7. The van der Waals surface area contributed by atoms with Gasteiger partial charge in [-0.15, -0.1) is 0 Å². The molecule has 0 saturated heterocycles. The van der Waals surface area contributed by atoms with Crippen LogP contribution in [0.1, 0.15) is 6.42 Å². The second kappa shape index (κ2) is 7.82. The summed E-state index contributed by atoms with van der Waals surface area (Å²) in [6.45, 7) is 8.30. The molecule has 12 heteroatoms. The summed E-state index contributed by atoms with van der Waals surface area (Å²) in [5, 5.41) is 1.36. The minimum Gasteiger partial charge on any atom is -0.267 e. The van der Waals surface area contributed by atoms with Gasteiger partial charge in [0.25, 0.3) is 30.4 Å². The quantitative estimate of drug-likeness (QED) is 0.373. The average Bonchev–Trinajstić information content (AvgIpc) is 2.37. The van der Waals surface area contributed by atoms with Gasteiger partial charge >= 0.3 is 0 Å². The largest absolute Gasteiger partial charge is 0.292 e. The van der Waals surface area contributed by atoms with E-state index < -0.39 is 49.7 Å². The van der Waals surface area contributed by atoms with Crippen LogP contribution in [0.2, 0.25) is 0 Å². The molecule has 0 aliphatic heterocycles. The van der Waals surface area contributed by atoms with Gasteiger partial charge in [0.2, 0.25) is 0 Å². The molecular weight excluding hydrogens is 348 g/mol. The van der Waals surface area contributed by atoms with E-state index >= 15 is 0 Å². The van der Waals surface area contributed by atoms with Crippen LogP contribution in [0.25, 0.3) is 0 Å². The summed E-state index contributed by atoms with van der Waals surface area (Å²) in [5.41, 5.74) is 0. The molecule has 0 fully saturated rings. The third-order valence-corrected chi connectivity index (χ3v) is 4.38. The van der Waals surface area contributed by atoms with E-state index in [2.05, 4.69) is 32.3 Å². The number of hydrogen-bond donors (Lipinski definition) is 0. The van der Waals surface area contributed by atoms with E-state index in [1.165, 1.54) is 0 Å². The molecule has 0 N–H and O–H groups in total. The van der Waals surface area contributed by atoms with E-state index in [1.54, 1.807) is 0 Å². The van der Waals surface area contributed by atoms with Gasteiger partial charge in [-0.2, -0.15) is 25.3 Å². The lowest BCUT2D eigenvalue weighted by Crippen LogP contribution is -2.25. The Balaban J connectivity index is 4.94. The minimum atomic E-state index is -4.26. The van der Waals surface area contributed by atoms with Crippen molar-refractivity contribution in [3.63, 3.8) is 0 Å².